The van der Waals surface area contributed by atoms with Crippen molar-refractivity contribution in [3.05, 3.63) is 0 Å². The van der Waals surface area contributed by atoms with Crippen LogP contribution in [0.5, 0.6) is 0 Å². The smallest absolute Gasteiger partial charge is 0.252 e. The Labute approximate surface area is 72.3 Å². The van der Waals surface area contributed by atoms with Gasteiger partial charge in [0, 0.05) is 7.11 Å². The fourth-order valence-electron chi connectivity index (χ4n) is 0.510. The Morgan fingerprint density at radius 2 is 1.92 bits per heavy atom. The Morgan fingerprint density at radius 3 is 2.25 bits per heavy atom. The third-order valence-corrected chi connectivity index (χ3v) is 1.56. The lowest BCUT2D eigenvalue weighted by Crippen LogP contribution is -2.44. The zero-order valence-corrected chi connectivity index (χ0v) is 7.93. The Hall–Kier alpha value is -0.900. The molecule has 12 heavy (non-hydrogen) atoms. The summed E-state index contributed by atoms with van der Waals surface area (Å²) in [4.78, 5) is 21.7. The summed E-state index contributed by atoms with van der Waals surface area (Å²) in [5, 5.41) is 2.46. The number of hydrogen-bond donors (Lipinski definition) is 1. The quantitative estimate of drug-likeness (QED) is 0.656. The molecular formula is C8H15NO3. The monoisotopic (exact) mass is 173 g/mol. The fourth-order valence-corrected chi connectivity index (χ4v) is 0.510. The van der Waals surface area contributed by atoms with E-state index in [-0.39, 0.29) is 18.2 Å². The lowest BCUT2D eigenvalue weighted by Gasteiger charge is -2.21. The summed E-state index contributed by atoms with van der Waals surface area (Å²) < 4.78 is 4.91. The van der Waals surface area contributed by atoms with Crippen LogP contribution in [0, 0.1) is 0 Å². The molecule has 0 saturated carbocycles. The van der Waals surface area contributed by atoms with Gasteiger partial charge in [0.2, 0.25) is 0 Å². The van der Waals surface area contributed by atoms with E-state index in [1.54, 1.807) is 13.8 Å². The first kappa shape index (κ1) is 11.1. The van der Waals surface area contributed by atoms with Crippen LogP contribution in [0.1, 0.15) is 20.8 Å². The molecule has 0 atom stereocenters. The van der Waals surface area contributed by atoms with Gasteiger partial charge in [0.1, 0.15) is 11.4 Å². The Balaban J connectivity index is 3.96. The van der Waals surface area contributed by atoms with Gasteiger partial charge in [0.25, 0.3) is 5.91 Å². The fraction of sp³-hybridized carbons (Fsp3) is 0.750. The molecule has 0 aliphatic carbocycles. The van der Waals surface area contributed by atoms with Gasteiger partial charge in [0.15, 0.2) is 0 Å². The van der Waals surface area contributed by atoms with Crippen LogP contribution in [0.15, 0.2) is 0 Å². The number of Topliss-reactive ketones (excluding diaryl/α,β-unsaturated/α-hetero) is 1. The van der Waals surface area contributed by atoms with Crippen molar-refractivity contribution in [3.8, 4) is 0 Å². The Morgan fingerprint density at radius 1 is 1.42 bits per heavy atom. The molecule has 0 radical (unpaired) electrons. The average molecular weight is 173 g/mol. The molecule has 0 rings (SSSR count). The van der Waals surface area contributed by atoms with Crippen molar-refractivity contribution in [2.24, 2.45) is 0 Å². The summed E-state index contributed by atoms with van der Waals surface area (Å²) in [6, 6.07) is 0. The molecule has 0 spiro atoms. The van der Waals surface area contributed by atoms with Crippen LogP contribution in [0.4, 0.5) is 0 Å². The van der Waals surface area contributed by atoms with Crippen LogP contribution in [-0.2, 0) is 14.3 Å². The van der Waals surface area contributed by atoms with Gasteiger partial charge in [-0.3, -0.25) is 9.59 Å². The maximum atomic E-state index is 11.2. The predicted molar refractivity (Wildman–Crippen MR) is 44.8 cm³/mol. The van der Waals surface area contributed by atoms with Crippen LogP contribution in [0.3, 0.4) is 0 Å². The highest BCUT2D eigenvalue weighted by Gasteiger charge is 2.26. The summed E-state index contributed by atoms with van der Waals surface area (Å²) >= 11 is 0. The molecule has 4 heteroatoms. The summed E-state index contributed by atoms with van der Waals surface area (Å²) in [6.45, 7) is 4.76. The van der Waals surface area contributed by atoms with Crippen LogP contribution >= 0.6 is 0 Å². The normalized spacial score (nSPS) is 11.0. The number of methoxy groups -OCH3 is 1. The molecule has 0 aliphatic heterocycles. The molecule has 0 saturated heterocycles. The first-order chi connectivity index (χ1) is 5.40. The topological polar surface area (TPSA) is 55.4 Å². The molecule has 0 heterocycles. The molecule has 0 aromatic heterocycles. The molecule has 4 nitrogen and oxygen atoms in total. The van der Waals surface area contributed by atoms with E-state index >= 15 is 0 Å². The molecule has 70 valence electrons. The largest absolute Gasteiger partial charge is 0.369 e. The molecule has 0 unspecified atom stereocenters. The van der Waals surface area contributed by atoms with Crippen molar-refractivity contribution in [2.45, 2.75) is 26.4 Å². The number of carbonyl (C=O) groups excluding carboxylic acids is 2. The number of amides is 1. The van der Waals surface area contributed by atoms with Crippen molar-refractivity contribution in [2.75, 3.05) is 13.7 Å². The van der Waals surface area contributed by atoms with Gasteiger partial charge in [-0.1, -0.05) is 0 Å². The highest BCUT2D eigenvalue weighted by Crippen LogP contribution is 2.06. The van der Waals surface area contributed by atoms with E-state index in [4.69, 9.17) is 4.74 Å². The molecule has 1 amide bonds. The number of ketones is 1. The highest BCUT2D eigenvalue weighted by molar-refractivity contribution is 5.88. The summed E-state index contributed by atoms with van der Waals surface area (Å²) in [6.07, 6.45) is 0. The SMILES string of the molecule is COC(C)(C)C(=O)NCC(C)=O. The minimum Gasteiger partial charge on any atom is -0.369 e. The molecule has 0 fully saturated rings. The second-order valence-electron chi connectivity index (χ2n) is 3.10. The third kappa shape index (κ3) is 3.48. The van der Waals surface area contributed by atoms with E-state index in [1.165, 1.54) is 14.0 Å². The van der Waals surface area contributed by atoms with Crippen molar-refractivity contribution in [1.29, 1.82) is 0 Å². The van der Waals surface area contributed by atoms with Gasteiger partial charge in [0.05, 0.1) is 6.54 Å². The molecule has 0 bridgehead atoms. The summed E-state index contributed by atoms with van der Waals surface area (Å²) in [7, 11) is 1.45. The number of hydrogen-bond acceptors (Lipinski definition) is 3. The zero-order chi connectivity index (χ0) is 9.78. The van der Waals surface area contributed by atoms with Crippen LogP contribution < -0.4 is 5.32 Å². The first-order valence-corrected chi connectivity index (χ1v) is 3.73. The molecular weight excluding hydrogens is 158 g/mol. The minimum absolute atomic E-state index is 0.0611. The van der Waals surface area contributed by atoms with Crippen molar-refractivity contribution in [1.82, 2.24) is 5.32 Å². The second-order valence-corrected chi connectivity index (χ2v) is 3.10. The van der Waals surface area contributed by atoms with Crippen molar-refractivity contribution in [3.63, 3.8) is 0 Å². The standard InChI is InChI=1S/C8H15NO3/c1-6(10)5-9-7(11)8(2,3)12-4/h5H2,1-4H3,(H,9,11). The van der Waals surface area contributed by atoms with E-state index < -0.39 is 5.60 Å². The van der Waals surface area contributed by atoms with Crippen molar-refractivity contribution < 1.29 is 14.3 Å². The number of ether oxygens (including phenoxy) is 1. The second kappa shape index (κ2) is 4.21. The number of nitrogens with one attached hydrogen (secondary N) is 1. The van der Waals surface area contributed by atoms with E-state index in [9.17, 15) is 9.59 Å². The lowest BCUT2D eigenvalue weighted by atomic mass is 10.1. The van der Waals surface area contributed by atoms with Gasteiger partial charge in [-0.15, -0.1) is 0 Å². The molecule has 0 aromatic rings. The molecule has 0 aromatic carbocycles. The van der Waals surface area contributed by atoms with Gasteiger partial charge < -0.3 is 10.1 Å². The van der Waals surface area contributed by atoms with Gasteiger partial charge in [-0.05, 0) is 20.8 Å². The maximum absolute atomic E-state index is 11.2. The average Bonchev–Trinajstić information content (AvgIpc) is 2.00. The van der Waals surface area contributed by atoms with E-state index in [1.807, 2.05) is 0 Å². The van der Waals surface area contributed by atoms with E-state index in [0.717, 1.165) is 0 Å². The van der Waals surface area contributed by atoms with Crippen LogP contribution in [-0.4, -0.2) is 30.9 Å². The summed E-state index contributed by atoms with van der Waals surface area (Å²) in [5.74, 6) is -0.351. The molecule has 0 aliphatic rings. The van der Waals surface area contributed by atoms with E-state index in [0.29, 0.717) is 0 Å². The van der Waals surface area contributed by atoms with Gasteiger partial charge >= 0.3 is 0 Å². The number of carbonyl (C=O) groups is 2. The zero-order valence-electron chi connectivity index (χ0n) is 7.93. The van der Waals surface area contributed by atoms with Crippen molar-refractivity contribution >= 4 is 11.7 Å². The first-order valence-electron chi connectivity index (χ1n) is 3.73. The minimum atomic E-state index is -0.866. The third-order valence-electron chi connectivity index (χ3n) is 1.56. The van der Waals surface area contributed by atoms with Crippen LogP contribution in [0.25, 0.3) is 0 Å². The lowest BCUT2D eigenvalue weighted by molar-refractivity contribution is -0.140. The van der Waals surface area contributed by atoms with Gasteiger partial charge in [-0.2, -0.15) is 0 Å². The Kier molecular flexibility index (Phi) is 3.89. The number of rotatable bonds is 4. The van der Waals surface area contributed by atoms with E-state index in [2.05, 4.69) is 5.32 Å². The summed E-state index contributed by atoms with van der Waals surface area (Å²) in [5.41, 5.74) is -0.866. The van der Waals surface area contributed by atoms with Gasteiger partial charge in [-0.25, -0.2) is 0 Å². The van der Waals surface area contributed by atoms with Crippen LogP contribution in [0.2, 0.25) is 0 Å². The predicted octanol–water partition coefficient (Wildman–Crippen LogP) is 0.117. The molecule has 1 N–H and O–H groups in total. The highest BCUT2D eigenvalue weighted by atomic mass is 16.5. The Bertz CT molecular complexity index is 187. The maximum Gasteiger partial charge on any atom is 0.252 e.